The molecule has 0 aromatic heterocycles. The number of amides is 1. The van der Waals surface area contributed by atoms with E-state index in [9.17, 15) is 9.90 Å². The molecule has 1 heterocycles. The first kappa shape index (κ1) is 15.7. The Morgan fingerprint density at radius 3 is 2.72 bits per heavy atom. The number of halogens is 1. The molecule has 2 N–H and O–H groups in total. The maximum Gasteiger partial charge on any atom is 0.235 e. The van der Waals surface area contributed by atoms with Gasteiger partial charge in [0.15, 0.2) is 0 Å². The summed E-state index contributed by atoms with van der Waals surface area (Å²) in [4.78, 5) is 11.5. The van der Waals surface area contributed by atoms with Gasteiger partial charge < -0.3 is 19.9 Å². The molecule has 1 fully saturated rings. The lowest BCUT2D eigenvalue weighted by atomic mass is 9.84. The van der Waals surface area contributed by atoms with Gasteiger partial charge in [-0.2, -0.15) is 0 Å². The van der Waals surface area contributed by atoms with Crippen molar-refractivity contribution >= 4 is 17.5 Å². The Labute approximate surface area is 113 Å². The van der Waals surface area contributed by atoms with Crippen LogP contribution < -0.4 is 5.32 Å². The van der Waals surface area contributed by atoms with E-state index in [1.165, 1.54) is 0 Å². The van der Waals surface area contributed by atoms with Gasteiger partial charge in [-0.25, -0.2) is 0 Å². The summed E-state index contributed by atoms with van der Waals surface area (Å²) in [5.74, 6) is -0.412. The van der Waals surface area contributed by atoms with Gasteiger partial charge in [-0.1, -0.05) is 0 Å². The van der Waals surface area contributed by atoms with Crippen LogP contribution in [0.15, 0.2) is 0 Å². The Kier molecular flexibility index (Phi) is 5.85. The van der Waals surface area contributed by atoms with E-state index in [4.69, 9.17) is 21.1 Å². The zero-order chi connectivity index (χ0) is 13.6. The zero-order valence-corrected chi connectivity index (χ0v) is 11.8. The van der Waals surface area contributed by atoms with Crippen molar-refractivity contribution in [1.29, 1.82) is 0 Å². The fraction of sp³-hybridized carbons (Fsp3) is 0.917. The Morgan fingerprint density at radius 2 is 2.11 bits per heavy atom. The number of aliphatic hydroxyl groups is 1. The smallest absolute Gasteiger partial charge is 0.235 e. The van der Waals surface area contributed by atoms with Crippen molar-refractivity contribution in [1.82, 2.24) is 5.32 Å². The molecule has 6 heteroatoms. The third kappa shape index (κ3) is 4.72. The lowest BCUT2D eigenvalue weighted by Gasteiger charge is -2.38. The summed E-state index contributed by atoms with van der Waals surface area (Å²) in [6.07, 6.45) is 1.06. The molecule has 1 amide bonds. The zero-order valence-electron chi connectivity index (χ0n) is 11.0. The van der Waals surface area contributed by atoms with Gasteiger partial charge in [0, 0.05) is 13.0 Å². The number of nitrogens with one attached hydrogen (secondary N) is 1. The number of carbonyl (C=O) groups is 1. The van der Waals surface area contributed by atoms with Crippen LogP contribution in [0.25, 0.3) is 0 Å². The number of rotatable bonds is 3. The minimum absolute atomic E-state index is 0.121. The van der Waals surface area contributed by atoms with Gasteiger partial charge in [-0.15, -0.1) is 11.6 Å². The van der Waals surface area contributed by atoms with Crippen LogP contribution in [0.5, 0.6) is 0 Å². The predicted molar refractivity (Wildman–Crippen MR) is 68.8 cm³/mol. The molecule has 1 unspecified atom stereocenters. The summed E-state index contributed by atoms with van der Waals surface area (Å²) in [6.45, 7) is 5.23. The summed E-state index contributed by atoms with van der Waals surface area (Å²) in [5.41, 5.74) is -1.17. The molecule has 1 atom stereocenters. The second-order valence-corrected chi connectivity index (χ2v) is 5.53. The highest BCUT2D eigenvalue weighted by Crippen LogP contribution is 2.27. The molecule has 0 aromatic rings. The van der Waals surface area contributed by atoms with Crippen molar-refractivity contribution in [3.05, 3.63) is 0 Å². The Hall–Kier alpha value is -0.360. The largest absolute Gasteiger partial charge is 0.394 e. The second kappa shape index (κ2) is 6.70. The van der Waals surface area contributed by atoms with Gasteiger partial charge in [-0.3, -0.25) is 4.79 Å². The first-order valence-electron chi connectivity index (χ1n) is 6.13. The predicted octanol–water partition coefficient (Wildman–Crippen LogP) is 0.678. The van der Waals surface area contributed by atoms with Crippen LogP contribution in [0, 0.1) is 0 Å². The van der Waals surface area contributed by atoms with E-state index in [0.29, 0.717) is 32.7 Å². The average molecular weight is 280 g/mol. The second-order valence-electron chi connectivity index (χ2n) is 5.27. The van der Waals surface area contributed by atoms with Crippen LogP contribution in [0.1, 0.15) is 26.7 Å². The van der Waals surface area contributed by atoms with Gasteiger partial charge in [0.25, 0.3) is 0 Å². The van der Waals surface area contributed by atoms with Gasteiger partial charge in [-0.05, 0) is 20.3 Å². The minimum atomic E-state index is -0.736. The van der Waals surface area contributed by atoms with Gasteiger partial charge in [0.2, 0.25) is 5.91 Å². The number of hydrogen-bond donors (Lipinski definition) is 2. The van der Waals surface area contributed by atoms with Crippen LogP contribution in [0.2, 0.25) is 0 Å². The molecule has 1 saturated heterocycles. The van der Waals surface area contributed by atoms with Crippen molar-refractivity contribution < 1.29 is 19.4 Å². The lowest BCUT2D eigenvalue weighted by Crippen LogP contribution is -2.56. The number of carbonyl (C=O) groups excluding carboxylic acids is 1. The van der Waals surface area contributed by atoms with Gasteiger partial charge in [0.1, 0.15) is 5.88 Å². The molecule has 1 aliphatic rings. The molecule has 0 aromatic carbocycles. The van der Waals surface area contributed by atoms with E-state index in [1.54, 1.807) is 0 Å². The van der Waals surface area contributed by atoms with E-state index >= 15 is 0 Å². The molecule has 1 rings (SSSR count). The molecule has 0 spiro atoms. The Balaban J connectivity index is 2.84. The van der Waals surface area contributed by atoms with Crippen LogP contribution >= 0.6 is 11.6 Å². The highest BCUT2D eigenvalue weighted by atomic mass is 35.5. The summed E-state index contributed by atoms with van der Waals surface area (Å²) < 4.78 is 11.1. The first-order valence-corrected chi connectivity index (χ1v) is 6.66. The topological polar surface area (TPSA) is 67.8 Å². The summed E-state index contributed by atoms with van der Waals surface area (Å²) in [7, 11) is 0. The molecule has 0 radical (unpaired) electrons. The molecular weight excluding hydrogens is 258 g/mol. The molecule has 0 aliphatic carbocycles. The monoisotopic (exact) mass is 279 g/mol. The van der Waals surface area contributed by atoms with Crippen molar-refractivity contribution in [3.8, 4) is 0 Å². The fourth-order valence-corrected chi connectivity index (χ4v) is 2.38. The molecular formula is C12H22ClNO4. The lowest BCUT2D eigenvalue weighted by molar-refractivity contribution is -0.122. The van der Waals surface area contributed by atoms with E-state index in [-0.39, 0.29) is 18.4 Å². The van der Waals surface area contributed by atoms with Crippen molar-refractivity contribution in [2.75, 3.05) is 32.3 Å². The highest BCUT2D eigenvalue weighted by Gasteiger charge is 2.38. The highest BCUT2D eigenvalue weighted by molar-refractivity contribution is 6.27. The molecule has 1 aliphatic heterocycles. The van der Waals surface area contributed by atoms with Crippen LogP contribution in [0.4, 0.5) is 0 Å². The minimum Gasteiger partial charge on any atom is -0.394 e. The number of alkyl halides is 1. The van der Waals surface area contributed by atoms with E-state index in [0.717, 1.165) is 0 Å². The standard InChI is InChI=1S/C12H22ClNO4/c1-11(2)8-12(9-15,14-10(16)7-13)3-4-17-5-6-18-11/h15H,3-9H2,1-2H3,(H,14,16). The number of hydrogen-bond acceptors (Lipinski definition) is 4. The quantitative estimate of drug-likeness (QED) is 0.746. The molecule has 106 valence electrons. The average Bonchev–Trinajstić information content (AvgIpc) is 2.38. The van der Waals surface area contributed by atoms with E-state index < -0.39 is 11.1 Å². The van der Waals surface area contributed by atoms with Crippen molar-refractivity contribution in [3.63, 3.8) is 0 Å². The SMILES string of the molecule is CC1(C)CC(CO)(NC(=O)CCl)CCOCCO1. The van der Waals surface area contributed by atoms with E-state index in [2.05, 4.69) is 5.32 Å². The maximum atomic E-state index is 11.5. The molecule has 0 saturated carbocycles. The summed E-state index contributed by atoms with van der Waals surface area (Å²) in [6, 6.07) is 0. The normalized spacial score (nSPS) is 28.9. The van der Waals surface area contributed by atoms with Gasteiger partial charge in [0.05, 0.1) is 31.0 Å². The molecule has 0 bridgehead atoms. The Bertz CT molecular complexity index is 285. The molecule has 18 heavy (non-hydrogen) atoms. The van der Waals surface area contributed by atoms with E-state index in [1.807, 2.05) is 13.8 Å². The summed E-state index contributed by atoms with van der Waals surface area (Å²) in [5, 5.41) is 12.5. The third-order valence-corrected chi connectivity index (χ3v) is 3.28. The maximum absolute atomic E-state index is 11.5. The fourth-order valence-electron chi connectivity index (χ4n) is 2.31. The van der Waals surface area contributed by atoms with Gasteiger partial charge >= 0.3 is 0 Å². The first-order chi connectivity index (χ1) is 8.43. The van der Waals surface area contributed by atoms with Crippen molar-refractivity contribution in [2.45, 2.75) is 37.8 Å². The van der Waals surface area contributed by atoms with Crippen LogP contribution in [-0.4, -0.2) is 54.5 Å². The van der Waals surface area contributed by atoms with Crippen LogP contribution in [0.3, 0.4) is 0 Å². The Morgan fingerprint density at radius 1 is 1.39 bits per heavy atom. The summed E-state index contributed by atoms with van der Waals surface area (Å²) >= 11 is 5.51. The number of ether oxygens (including phenoxy) is 2. The third-order valence-electron chi connectivity index (χ3n) is 3.04. The van der Waals surface area contributed by atoms with Crippen LogP contribution in [-0.2, 0) is 14.3 Å². The van der Waals surface area contributed by atoms with Crippen molar-refractivity contribution in [2.24, 2.45) is 0 Å². The molecule has 5 nitrogen and oxygen atoms in total. The number of aliphatic hydroxyl groups excluding tert-OH is 1.